The summed E-state index contributed by atoms with van der Waals surface area (Å²) in [7, 11) is 0. The fraction of sp³-hybridized carbons (Fsp3) is 0.382. The van der Waals surface area contributed by atoms with Gasteiger partial charge in [0.2, 0.25) is 11.8 Å². The number of nitrogens with one attached hydrogen (secondary N) is 2. The summed E-state index contributed by atoms with van der Waals surface area (Å²) in [5.41, 5.74) is 5.05. The van der Waals surface area contributed by atoms with E-state index < -0.39 is 29.3 Å². The van der Waals surface area contributed by atoms with Crippen LogP contribution < -0.4 is 10.6 Å². The molecule has 0 saturated carbocycles. The second kappa shape index (κ2) is 13.9. The highest BCUT2D eigenvalue weighted by Crippen LogP contribution is 2.24. The van der Waals surface area contributed by atoms with E-state index in [4.69, 9.17) is 0 Å². The quantitative estimate of drug-likeness (QED) is 0.244. The Labute approximate surface area is 238 Å². The second-order valence-corrected chi connectivity index (χ2v) is 11.7. The second-order valence-electron chi connectivity index (χ2n) is 11.7. The number of aliphatic carboxylic acids is 1. The van der Waals surface area contributed by atoms with Crippen molar-refractivity contribution in [3.63, 3.8) is 0 Å². The summed E-state index contributed by atoms with van der Waals surface area (Å²) < 4.78 is 0. The smallest absolute Gasteiger partial charge is 0.304 e. The molecule has 0 unspecified atom stereocenters. The Bertz CT molecular complexity index is 1280. The molecule has 0 heterocycles. The van der Waals surface area contributed by atoms with Gasteiger partial charge in [-0.05, 0) is 60.8 Å². The number of aryl methyl sites for hydroxylation is 2. The Balaban J connectivity index is 1.62. The number of carboxylic acids is 1. The molecule has 0 saturated heterocycles. The SMILES string of the molecule is Cc1cccc(-c2ccc(CCC[C@H](CC(=O)O)C(=O)N[C@H](C(=O)N[C@H](C)c3ccccc3)C(C)(C)C)cc2)c1. The van der Waals surface area contributed by atoms with Crippen LogP contribution in [-0.2, 0) is 20.8 Å². The van der Waals surface area contributed by atoms with E-state index in [9.17, 15) is 19.5 Å². The van der Waals surface area contributed by atoms with Gasteiger partial charge in [-0.25, -0.2) is 0 Å². The first kappa shape index (κ1) is 30.6. The van der Waals surface area contributed by atoms with Crippen LogP contribution in [0.3, 0.4) is 0 Å². The van der Waals surface area contributed by atoms with Crippen molar-refractivity contribution in [2.75, 3.05) is 0 Å². The van der Waals surface area contributed by atoms with Gasteiger partial charge in [0.15, 0.2) is 0 Å². The summed E-state index contributed by atoms with van der Waals surface area (Å²) in [5, 5.41) is 15.4. The largest absolute Gasteiger partial charge is 0.481 e. The minimum atomic E-state index is -1.03. The van der Waals surface area contributed by atoms with Crippen molar-refractivity contribution in [1.82, 2.24) is 10.6 Å². The van der Waals surface area contributed by atoms with E-state index in [1.165, 1.54) is 11.1 Å². The molecule has 3 aromatic rings. The summed E-state index contributed by atoms with van der Waals surface area (Å²) in [5.74, 6) is -2.45. The average Bonchev–Trinajstić information content (AvgIpc) is 2.91. The molecule has 212 valence electrons. The van der Waals surface area contributed by atoms with E-state index in [1.807, 2.05) is 64.1 Å². The summed E-state index contributed by atoms with van der Waals surface area (Å²) in [6, 6.07) is 25.3. The first-order valence-corrected chi connectivity index (χ1v) is 14.0. The highest BCUT2D eigenvalue weighted by atomic mass is 16.4. The number of hydrogen-bond donors (Lipinski definition) is 3. The molecule has 0 bridgehead atoms. The van der Waals surface area contributed by atoms with E-state index in [2.05, 4.69) is 60.0 Å². The zero-order valence-corrected chi connectivity index (χ0v) is 24.2. The third-order valence-electron chi connectivity index (χ3n) is 7.19. The minimum Gasteiger partial charge on any atom is -0.481 e. The molecule has 3 N–H and O–H groups in total. The molecule has 40 heavy (non-hydrogen) atoms. The molecule has 0 aliphatic carbocycles. The third-order valence-corrected chi connectivity index (χ3v) is 7.19. The maximum atomic E-state index is 13.3. The lowest BCUT2D eigenvalue weighted by Crippen LogP contribution is -2.55. The van der Waals surface area contributed by atoms with Gasteiger partial charge in [0.1, 0.15) is 6.04 Å². The Kier molecular flexibility index (Phi) is 10.7. The minimum absolute atomic E-state index is 0.234. The zero-order valence-electron chi connectivity index (χ0n) is 24.2. The lowest BCUT2D eigenvalue weighted by molar-refractivity contribution is -0.142. The topological polar surface area (TPSA) is 95.5 Å². The fourth-order valence-corrected chi connectivity index (χ4v) is 4.83. The molecule has 3 aromatic carbocycles. The van der Waals surface area contributed by atoms with E-state index in [1.54, 1.807) is 0 Å². The van der Waals surface area contributed by atoms with E-state index in [0.717, 1.165) is 23.1 Å². The van der Waals surface area contributed by atoms with E-state index in [0.29, 0.717) is 12.8 Å². The Morgan fingerprint density at radius 3 is 2.10 bits per heavy atom. The standard InChI is InChI=1S/C34H42N2O4/c1-23-11-9-15-28(21-23)27-19-17-25(18-20-27)12-10-16-29(22-30(37)38)32(39)36-31(34(3,4)5)33(40)35-24(2)26-13-7-6-8-14-26/h6-9,11,13-15,17-21,24,29,31H,10,12,16,22H2,1-5H3,(H,35,40)(H,36,39)(H,37,38)/t24-,29-,31-/m1/s1. The number of carbonyl (C=O) groups is 3. The van der Waals surface area contributed by atoms with Gasteiger partial charge in [-0.2, -0.15) is 0 Å². The van der Waals surface area contributed by atoms with Crippen LogP contribution >= 0.6 is 0 Å². The lowest BCUT2D eigenvalue weighted by Gasteiger charge is -2.32. The number of carboxylic acid groups (broad SMARTS) is 1. The van der Waals surface area contributed by atoms with Crippen LogP contribution in [0.1, 0.15) is 69.7 Å². The summed E-state index contributed by atoms with van der Waals surface area (Å²) in [6.07, 6.45) is 1.52. The van der Waals surface area contributed by atoms with Gasteiger partial charge in [0, 0.05) is 5.92 Å². The van der Waals surface area contributed by atoms with Gasteiger partial charge >= 0.3 is 5.97 Å². The first-order valence-electron chi connectivity index (χ1n) is 14.0. The van der Waals surface area contributed by atoms with Crippen molar-refractivity contribution in [3.8, 4) is 11.1 Å². The van der Waals surface area contributed by atoms with E-state index >= 15 is 0 Å². The summed E-state index contributed by atoms with van der Waals surface area (Å²) in [4.78, 5) is 38.2. The fourth-order valence-electron chi connectivity index (χ4n) is 4.83. The van der Waals surface area contributed by atoms with Crippen molar-refractivity contribution in [1.29, 1.82) is 0 Å². The third kappa shape index (κ3) is 9.08. The van der Waals surface area contributed by atoms with Gasteiger partial charge in [0.05, 0.1) is 12.5 Å². The molecular formula is C34H42N2O4. The number of carbonyl (C=O) groups excluding carboxylic acids is 2. The Hall–Kier alpha value is -3.93. The van der Waals surface area contributed by atoms with Crippen molar-refractivity contribution < 1.29 is 19.5 Å². The summed E-state index contributed by atoms with van der Waals surface area (Å²) >= 11 is 0. The molecule has 3 atom stereocenters. The van der Waals surface area contributed by atoms with Crippen LogP contribution in [0.25, 0.3) is 11.1 Å². The predicted molar refractivity (Wildman–Crippen MR) is 160 cm³/mol. The number of hydrogen-bond acceptors (Lipinski definition) is 3. The lowest BCUT2D eigenvalue weighted by atomic mass is 9.85. The maximum Gasteiger partial charge on any atom is 0.304 e. The number of rotatable bonds is 12. The molecule has 0 fully saturated rings. The zero-order chi connectivity index (χ0) is 29.3. The van der Waals surface area contributed by atoms with Crippen LogP contribution in [0.15, 0.2) is 78.9 Å². The first-order chi connectivity index (χ1) is 18.9. The molecule has 0 aromatic heterocycles. The molecule has 0 radical (unpaired) electrons. The van der Waals surface area contributed by atoms with Gasteiger partial charge in [0.25, 0.3) is 0 Å². The molecule has 3 rings (SSSR count). The van der Waals surface area contributed by atoms with Gasteiger partial charge in [-0.15, -0.1) is 0 Å². The molecular weight excluding hydrogens is 500 g/mol. The Morgan fingerprint density at radius 1 is 0.825 bits per heavy atom. The summed E-state index contributed by atoms with van der Waals surface area (Å²) in [6.45, 7) is 9.63. The normalized spacial score (nSPS) is 13.6. The number of benzene rings is 3. The van der Waals surface area contributed by atoms with Gasteiger partial charge < -0.3 is 15.7 Å². The average molecular weight is 543 g/mol. The van der Waals surface area contributed by atoms with Crippen LogP contribution in [0, 0.1) is 18.3 Å². The predicted octanol–water partition coefficient (Wildman–Crippen LogP) is 6.48. The molecule has 6 heteroatoms. The van der Waals surface area contributed by atoms with Crippen molar-refractivity contribution in [2.24, 2.45) is 11.3 Å². The Morgan fingerprint density at radius 2 is 1.50 bits per heavy atom. The highest BCUT2D eigenvalue weighted by Gasteiger charge is 2.35. The number of amides is 2. The van der Waals surface area contributed by atoms with Gasteiger partial charge in [-0.1, -0.05) is 105 Å². The van der Waals surface area contributed by atoms with Crippen molar-refractivity contribution in [2.45, 2.75) is 72.4 Å². The molecule has 0 spiro atoms. The maximum absolute atomic E-state index is 13.3. The molecule has 2 amide bonds. The highest BCUT2D eigenvalue weighted by molar-refractivity contribution is 5.90. The van der Waals surface area contributed by atoms with Crippen molar-refractivity contribution in [3.05, 3.63) is 95.6 Å². The molecule has 6 nitrogen and oxygen atoms in total. The van der Waals surface area contributed by atoms with Gasteiger partial charge in [-0.3, -0.25) is 14.4 Å². The van der Waals surface area contributed by atoms with Crippen LogP contribution in [-0.4, -0.2) is 28.9 Å². The molecule has 0 aliphatic rings. The van der Waals surface area contributed by atoms with E-state index in [-0.39, 0.29) is 18.4 Å². The van der Waals surface area contributed by atoms with Crippen LogP contribution in [0.2, 0.25) is 0 Å². The van der Waals surface area contributed by atoms with Crippen molar-refractivity contribution >= 4 is 17.8 Å². The monoisotopic (exact) mass is 542 g/mol. The molecule has 0 aliphatic heterocycles. The van der Waals surface area contributed by atoms with Crippen LogP contribution in [0.4, 0.5) is 0 Å². The van der Waals surface area contributed by atoms with Crippen LogP contribution in [0.5, 0.6) is 0 Å².